The Hall–Kier alpha value is -3.40. The number of carbonyl (C=O) groups excluding carboxylic acids is 2. The first-order valence-electron chi connectivity index (χ1n) is 9.28. The van der Waals surface area contributed by atoms with Crippen LogP contribution in [0, 0.1) is 6.92 Å². The van der Waals surface area contributed by atoms with Gasteiger partial charge in [0.1, 0.15) is 6.54 Å². The fraction of sp³-hybridized carbons (Fsp3) is 0.167. The van der Waals surface area contributed by atoms with Gasteiger partial charge in [-0.3, -0.25) is 9.59 Å². The van der Waals surface area contributed by atoms with Crippen LogP contribution in [0.15, 0.2) is 84.9 Å². The van der Waals surface area contributed by atoms with E-state index >= 15 is 0 Å². The summed E-state index contributed by atoms with van der Waals surface area (Å²) < 4.78 is 0. The Kier molecular flexibility index (Phi) is 6.22. The molecule has 4 heteroatoms. The number of anilines is 2. The smallest absolute Gasteiger partial charge is 0.247 e. The highest BCUT2D eigenvalue weighted by atomic mass is 16.2. The van der Waals surface area contributed by atoms with Crippen molar-refractivity contribution >= 4 is 23.2 Å². The molecule has 4 nitrogen and oxygen atoms in total. The third kappa shape index (κ3) is 4.86. The minimum atomic E-state index is -0.160. The average molecular weight is 372 g/mol. The summed E-state index contributed by atoms with van der Waals surface area (Å²) in [4.78, 5) is 28.8. The molecule has 3 aromatic carbocycles. The maximum Gasteiger partial charge on any atom is 0.247 e. The summed E-state index contributed by atoms with van der Waals surface area (Å²) in [5.74, 6) is -0.293. The van der Waals surface area contributed by atoms with E-state index in [1.807, 2.05) is 91.9 Å². The van der Waals surface area contributed by atoms with Crippen LogP contribution in [-0.4, -0.2) is 18.4 Å². The first-order chi connectivity index (χ1) is 13.5. The standard InChI is InChI=1S/C24H24N2O2/c1-19-10-9-15-23(16-19)25(20(2)27)18-24(28)26(22-13-7-4-8-14-22)17-21-11-5-3-6-12-21/h3-16H,17-18H2,1-2H3. The van der Waals surface area contributed by atoms with Crippen molar-refractivity contribution in [1.29, 1.82) is 0 Å². The van der Waals surface area contributed by atoms with Crippen molar-refractivity contribution in [3.63, 3.8) is 0 Å². The Morgan fingerprint density at radius 1 is 0.750 bits per heavy atom. The quantitative estimate of drug-likeness (QED) is 0.635. The van der Waals surface area contributed by atoms with Gasteiger partial charge in [-0.1, -0.05) is 60.7 Å². The molecule has 0 aliphatic rings. The number of nitrogens with zero attached hydrogens (tertiary/aromatic N) is 2. The van der Waals surface area contributed by atoms with E-state index in [9.17, 15) is 9.59 Å². The summed E-state index contributed by atoms with van der Waals surface area (Å²) >= 11 is 0. The maximum absolute atomic E-state index is 13.3. The average Bonchev–Trinajstić information content (AvgIpc) is 2.71. The van der Waals surface area contributed by atoms with Gasteiger partial charge < -0.3 is 9.80 Å². The fourth-order valence-electron chi connectivity index (χ4n) is 3.10. The highest BCUT2D eigenvalue weighted by Crippen LogP contribution is 2.20. The van der Waals surface area contributed by atoms with E-state index in [1.54, 1.807) is 4.90 Å². The molecule has 0 atom stereocenters. The highest BCUT2D eigenvalue weighted by Gasteiger charge is 2.22. The van der Waals surface area contributed by atoms with E-state index in [2.05, 4.69) is 0 Å². The third-order valence-electron chi connectivity index (χ3n) is 4.54. The molecule has 0 heterocycles. The van der Waals surface area contributed by atoms with Gasteiger partial charge in [0.25, 0.3) is 0 Å². The molecular weight excluding hydrogens is 348 g/mol. The summed E-state index contributed by atoms with van der Waals surface area (Å²) in [5, 5.41) is 0. The van der Waals surface area contributed by atoms with Gasteiger partial charge in [-0.2, -0.15) is 0 Å². The third-order valence-corrected chi connectivity index (χ3v) is 4.54. The number of hydrogen-bond acceptors (Lipinski definition) is 2. The second-order valence-corrected chi connectivity index (χ2v) is 6.75. The van der Waals surface area contributed by atoms with Gasteiger partial charge in [0, 0.05) is 18.3 Å². The van der Waals surface area contributed by atoms with Crippen LogP contribution in [0.4, 0.5) is 11.4 Å². The Balaban J connectivity index is 1.88. The molecule has 142 valence electrons. The normalized spacial score (nSPS) is 10.4. The van der Waals surface area contributed by atoms with Gasteiger partial charge in [-0.25, -0.2) is 0 Å². The monoisotopic (exact) mass is 372 g/mol. The second-order valence-electron chi connectivity index (χ2n) is 6.75. The summed E-state index contributed by atoms with van der Waals surface area (Å²) in [5.41, 5.74) is 3.61. The van der Waals surface area contributed by atoms with Gasteiger partial charge in [0.05, 0.1) is 6.54 Å². The van der Waals surface area contributed by atoms with Crippen molar-refractivity contribution in [1.82, 2.24) is 0 Å². The predicted molar refractivity (Wildman–Crippen MR) is 113 cm³/mol. The van der Waals surface area contributed by atoms with Gasteiger partial charge in [0.2, 0.25) is 11.8 Å². The van der Waals surface area contributed by atoms with Crippen molar-refractivity contribution in [2.24, 2.45) is 0 Å². The zero-order chi connectivity index (χ0) is 19.9. The lowest BCUT2D eigenvalue weighted by atomic mass is 10.1. The molecule has 3 rings (SSSR count). The van der Waals surface area contributed by atoms with Crippen LogP contribution in [0.25, 0.3) is 0 Å². The molecule has 0 aliphatic carbocycles. The van der Waals surface area contributed by atoms with Crippen LogP contribution in [-0.2, 0) is 16.1 Å². The topological polar surface area (TPSA) is 40.6 Å². The molecular formula is C24H24N2O2. The van der Waals surface area contributed by atoms with E-state index in [0.717, 1.165) is 22.5 Å². The van der Waals surface area contributed by atoms with Crippen LogP contribution < -0.4 is 9.80 Å². The van der Waals surface area contributed by atoms with Gasteiger partial charge in [0.15, 0.2) is 0 Å². The van der Waals surface area contributed by atoms with Crippen molar-refractivity contribution in [3.8, 4) is 0 Å². The maximum atomic E-state index is 13.3. The molecule has 0 aliphatic heterocycles. The summed E-state index contributed by atoms with van der Waals surface area (Å²) in [6.07, 6.45) is 0. The predicted octanol–water partition coefficient (Wildman–Crippen LogP) is 4.58. The number of carbonyl (C=O) groups is 2. The lowest BCUT2D eigenvalue weighted by molar-refractivity contribution is -0.121. The number of rotatable bonds is 6. The molecule has 3 aromatic rings. The zero-order valence-corrected chi connectivity index (χ0v) is 16.2. The first-order valence-corrected chi connectivity index (χ1v) is 9.28. The molecule has 0 N–H and O–H groups in total. The Bertz CT molecular complexity index is 939. The summed E-state index contributed by atoms with van der Waals surface area (Å²) in [7, 11) is 0. The number of benzene rings is 3. The molecule has 0 radical (unpaired) electrons. The zero-order valence-electron chi connectivity index (χ0n) is 16.2. The van der Waals surface area contributed by atoms with Crippen molar-refractivity contribution < 1.29 is 9.59 Å². The Labute approximate surface area is 166 Å². The molecule has 0 bridgehead atoms. The second kappa shape index (κ2) is 9.00. The van der Waals surface area contributed by atoms with Crippen LogP contribution in [0.2, 0.25) is 0 Å². The first kappa shape index (κ1) is 19.4. The minimum absolute atomic E-state index is 0.0134. The number of amides is 2. The lowest BCUT2D eigenvalue weighted by Crippen LogP contribution is -2.42. The SMILES string of the molecule is CC(=O)N(CC(=O)N(Cc1ccccc1)c1ccccc1)c1cccc(C)c1. The molecule has 0 saturated heterocycles. The van der Waals surface area contributed by atoms with Gasteiger partial charge in [-0.05, 0) is 42.3 Å². The van der Waals surface area contributed by atoms with E-state index in [0.29, 0.717) is 6.54 Å². The Morgan fingerprint density at radius 3 is 1.96 bits per heavy atom. The fourth-order valence-corrected chi connectivity index (χ4v) is 3.10. The molecule has 0 aromatic heterocycles. The van der Waals surface area contributed by atoms with Crippen molar-refractivity contribution in [2.45, 2.75) is 20.4 Å². The van der Waals surface area contributed by atoms with Crippen LogP contribution >= 0.6 is 0 Å². The summed E-state index contributed by atoms with van der Waals surface area (Å²) in [6.45, 7) is 3.89. The van der Waals surface area contributed by atoms with Gasteiger partial charge in [-0.15, -0.1) is 0 Å². The van der Waals surface area contributed by atoms with Crippen LogP contribution in [0.1, 0.15) is 18.1 Å². The van der Waals surface area contributed by atoms with E-state index in [-0.39, 0.29) is 18.4 Å². The van der Waals surface area contributed by atoms with Crippen LogP contribution in [0.3, 0.4) is 0 Å². The largest absolute Gasteiger partial charge is 0.306 e. The molecule has 0 fully saturated rings. The van der Waals surface area contributed by atoms with E-state index < -0.39 is 0 Å². The minimum Gasteiger partial charge on any atom is -0.306 e. The van der Waals surface area contributed by atoms with Crippen molar-refractivity contribution in [2.75, 3.05) is 16.3 Å². The van der Waals surface area contributed by atoms with E-state index in [1.165, 1.54) is 11.8 Å². The number of aryl methyl sites for hydroxylation is 1. The number of para-hydroxylation sites is 1. The molecule has 28 heavy (non-hydrogen) atoms. The highest BCUT2D eigenvalue weighted by molar-refractivity contribution is 6.03. The molecule has 0 spiro atoms. The van der Waals surface area contributed by atoms with E-state index in [4.69, 9.17) is 0 Å². The van der Waals surface area contributed by atoms with Crippen LogP contribution in [0.5, 0.6) is 0 Å². The number of hydrogen-bond donors (Lipinski definition) is 0. The lowest BCUT2D eigenvalue weighted by Gasteiger charge is -2.27. The molecule has 2 amide bonds. The Morgan fingerprint density at radius 2 is 1.36 bits per heavy atom. The molecule has 0 unspecified atom stereocenters. The molecule has 0 saturated carbocycles. The van der Waals surface area contributed by atoms with Crippen molar-refractivity contribution in [3.05, 3.63) is 96.1 Å². The van der Waals surface area contributed by atoms with Gasteiger partial charge >= 0.3 is 0 Å². The summed E-state index contributed by atoms with van der Waals surface area (Å²) in [6, 6.07) is 27.0.